The van der Waals surface area contributed by atoms with Crippen molar-refractivity contribution in [1.82, 2.24) is 10.2 Å². The van der Waals surface area contributed by atoms with E-state index in [-0.39, 0.29) is 11.8 Å². The minimum absolute atomic E-state index is 0.255. The lowest BCUT2D eigenvalue weighted by atomic mass is 9.82. The topological polar surface area (TPSA) is 83.6 Å². The van der Waals surface area contributed by atoms with E-state index >= 15 is 0 Å². The Morgan fingerprint density at radius 2 is 1.05 bits per heavy atom. The molecule has 5 aromatic rings. The first kappa shape index (κ1) is 28.4. The SMILES string of the molecule is CCCCCCCCCCCN1C(=O)c2ccc3c4c(Br)cc5c6c(ccc(c7c(Br)cc(c2c37)C1=O)c64)C(=O)NC5=O. The molecule has 0 atom stereocenters. The van der Waals surface area contributed by atoms with Gasteiger partial charge in [0.1, 0.15) is 0 Å². The molecule has 0 radical (unpaired) electrons. The molecule has 0 saturated carbocycles. The molecule has 0 aliphatic carbocycles. The molecule has 0 aromatic heterocycles. The van der Waals surface area contributed by atoms with Crippen LogP contribution in [0.4, 0.5) is 0 Å². The lowest BCUT2D eigenvalue weighted by Gasteiger charge is -2.29. The number of hydrogen-bond donors (Lipinski definition) is 1. The Kier molecular flexibility index (Phi) is 7.25. The molecule has 7 rings (SSSR count). The molecular weight excluding hydrogens is 672 g/mol. The van der Waals surface area contributed by atoms with Crippen LogP contribution >= 0.6 is 31.9 Å². The van der Waals surface area contributed by atoms with Gasteiger partial charge in [0.15, 0.2) is 0 Å². The van der Waals surface area contributed by atoms with Crippen LogP contribution in [0.15, 0.2) is 45.3 Å². The van der Waals surface area contributed by atoms with Crippen molar-refractivity contribution in [3.8, 4) is 0 Å². The number of carbonyl (C=O) groups excluding carboxylic acids is 4. The molecule has 8 heteroatoms. The fourth-order valence-corrected chi connectivity index (χ4v) is 8.41. The monoisotopic (exact) mass is 700 g/mol. The van der Waals surface area contributed by atoms with E-state index in [0.29, 0.717) is 44.0 Å². The van der Waals surface area contributed by atoms with Crippen molar-refractivity contribution in [2.24, 2.45) is 0 Å². The zero-order valence-corrected chi connectivity index (χ0v) is 27.0. The van der Waals surface area contributed by atoms with Crippen LogP contribution in [0.3, 0.4) is 0 Å². The molecule has 5 aromatic carbocycles. The Hall–Kier alpha value is -3.36. The number of nitrogens with zero attached hydrogens (tertiary/aromatic N) is 1. The van der Waals surface area contributed by atoms with E-state index in [9.17, 15) is 19.2 Å². The fourth-order valence-electron chi connectivity index (χ4n) is 7.13. The van der Waals surface area contributed by atoms with Crippen LogP contribution in [0.2, 0.25) is 0 Å². The van der Waals surface area contributed by atoms with Crippen molar-refractivity contribution in [2.75, 3.05) is 6.54 Å². The van der Waals surface area contributed by atoms with Crippen LogP contribution < -0.4 is 5.32 Å². The van der Waals surface area contributed by atoms with Gasteiger partial charge in [-0.25, -0.2) is 0 Å². The predicted octanol–water partition coefficient (Wildman–Crippen LogP) is 9.27. The number of imide groups is 2. The number of halogens is 2. The summed E-state index contributed by atoms with van der Waals surface area (Å²) >= 11 is 7.47. The van der Waals surface area contributed by atoms with Crippen molar-refractivity contribution in [3.05, 3.63) is 67.6 Å². The highest BCUT2D eigenvalue weighted by molar-refractivity contribution is 9.11. The minimum Gasteiger partial charge on any atom is -0.288 e. The molecule has 0 fully saturated rings. The summed E-state index contributed by atoms with van der Waals surface area (Å²) in [4.78, 5) is 54.7. The summed E-state index contributed by atoms with van der Waals surface area (Å²) in [6, 6.07) is 11.0. The molecule has 2 heterocycles. The molecule has 2 aliphatic rings. The lowest BCUT2D eigenvalue weighted by molar-refractivity contribution is 0.0606. The van der Waals surface area contributed by atoms with Gasteiger partial charge in [-0.05, 0) is 41.5 Å². The second kappa shape index (κ2) is 11.0. The molecule has 1 N–H and O–H groups in total. The van der Waals surface area contributed by atoms with Gasteiger partial charge in [0, 0.05) is 70.1 Å². The average molecular weight is 702 g/mol. The third kappa shape index (κ3) is 4.32. The van der Waals surface area contributed by atoms with Gasteiger partial charge in [0.25, 0.3) is 23.6 Å². The zero-order chi connectivity index (χ0) is 30.0. The van der Waals surface area contributed by atoms with Gasteiger partial charge in [0.2, 0.25) is 0 Å². The summed E-state index contributed by atoms with van der Waals surface area (Å²) in [6.07, 6.45) is 10.5. The van der Waals surface area contributed by atoms with Gasteiger partial charge in [-0.2, -0.15) is 0 Å². The van der Waals surface area contributed by atoms with Crippen LogP contribution in [0.5, 0.6) is 0 Å². The molecule has 2 aliphatic heterocycles. The molecule has 0 spiro atoms. The lowest BCUT2D eigenvalue weighted by Crippen LogP contribution is -2.41. The molecule has 0 unspecified atom stereocenters. The second-order valence-electron chi connectivity index (χ2n) is 11.8. The van der Waals surface area contributed by atoms with E-state index in [4.69, 9.17) is 0 Å². The first-order chi connectivity index (χ1) is 20.8. The van der Waals surface area contributed by atoms with E-state index in [1.54, 1.807) is 12.1 Å². The summed E-state index contributed by atoms with van der Waals surface area (Å²) in [5.74, 6) is -1.37. The summed E-state index contributed by atoms with van der Waals surface area (Å²) in [7, 11) is 0. The first-order valence-corrected chi connectivity index (χ1v) is 16.7. The Balaban J connectivity index is 1.31. The van der Waals surface area contributed by atoms with E-state index in [2.05, 4.69) is 44.1 Å². The molecule has 218 valence electrons. The Bertz CT molecular complexity index is 2030. The Morgan fingerprint density at radius 1 is 0.558 bits per heavy atom. The zero-order valence-electron chi connectivity index (χ0n) is 23.9. The van der Waals surface area contributed by atoms with Crippen molar-refractivity contribution in [3.63, 3.8) is 0 Å². The number of carbonyl (C=O) groups is 4. The number of rotatable bonds is 10. The van der Waals surface area contributed by atoms with Crippen LogP contribution in [-0.4, -0.2) is 35.1 Å². The summed E-state index contributed by atoms with van der Waals surface area (Å²) in [5.41, 5.74) is 1.92. The number of fused-ring (bicyclic) bond motifs is 2. The van der Waals surface area contributed by atoms with Crippen LogP contribution in [0, 0.1) is 0 Å². The maximum Gasteiger partial charge on any atom is 0.261 e. The van der Waals surface area contributed by atoms with Gasteiger partial charge in [-0.1, -0.05) is 102 Å². The average Bonchev–Trinajstić information content (AvgIpc) is 2.99. The van der Waals surface area contributed by atoms with Crippen molar-refractivity contribution in [2.45, 2.75) is 64.7 Å². The van der Waals surface area contributed by atoms with Crippen LogP contribution in [0.25, 0.3) is 43.1 Å². The number of unbranched alkanes of at least 4 members (excludes halogenated alkanes) is 8. The summed E-state index contributed by atoms with van der Waals surface area (Å²) < 4.78 is 1.44. The summed E-state index contributed by atoms with van der Waals surface area (Å²) in [6.45, 7) is 2.63. The quantitative estimate of drug-likeness (QED) is 0.0681. The highest BCUT2D eigenvalue weighted by Gasteiger charge is 2.36. The van der Waals surface area contributed by atoms with Crippen LogP contribution in [0.1, 0.15) is 106 Å². The highest BCUT2D eigenvalue weighted by atomic mass is 79.9. The molecule has 4 amide bonds. The van der Waals surface area contributed by atoms with Gasteiger partial charge in [-0.3, -0.25) is 29.4 Å². The third-order valence-corrected chi connectivity index (χ3v) is 10.4. The molecule has 0 saturated heterocycles. The maximum atomic E-state index is 13.9. The largest absolute Gasteiger partial charge is 0.288 e. The van der Waals surface area contributed by atoms with Gasteiger partial charge >= 0.3 is 0 Å². The third-order valence-electron chi connectivity index (χ3n) is 9.16. The van der Waals surface area contributed by atoms with E-state index < -0.39 is 11.8 Å². The molecule has 43 heavy (non-hydrogen) atoms. The van der Waals surface area contributed by atoms with E-state index in [1.807, 2.05) is 24.3 Å². The number of hydrogen-bond acceptors (Lipinski definition) is 4. The Labute approximate surface area is 265 Å². The fraction of sp³-hybridized carbons (Fsp3) is 0.314. The maximum absolute atomic E-state index is 13.9. The smallest absolute Gasteiger partial charge is 0.261 e. The number of benzene rings is 5. The Morgan fingerprint density at radius 3 is 1.67 bits per heavy atom. The first-order valence-electron chi connectivity index (χ1n) is 15.1. The van der Waals surface area contributed by atoms with Gasteiger partial charge < -0.3 is 0 Å². The standard InChI is InChI=1S/C35H30Br2N2O4/c1-2-3-4-5-6-7-8-9-10-15-39-34(42)21-14-12-19-28-24(36)16-22-26-20(32(40)38-33(22)41)13-11-18(30(26)28)29-25(37)17-23(35(39)43)27(21)31(19)29/h11-14,16-17H,2-10,15H2,1H3,(H,38,40,41). The van der Waals surface area contributed by atoms with Gasteiger partial charge in [-0.15, -0.1) is 0 Å². The molecule has 6 nitrogen and oxygen atoms in total. The minimum atomic E-state index is -0.430. The van der Waals surface area contributed by atoms with Crippen molar-refractivity contribution >= 4 is 98.6 Å². The number of amides is 4. The van der Waals surface area contributed by atoms with Crippen molar-refractivity contribution in [1.29, 1.82) is 0 Å². The van der Waals surface area contributed by atoms with Gasteiger partial charge in [0.05, 0.1) is 0 Å². The summed E-state index contributed by atoms with van der Waals surface area (Å²) in [5, 5.41) is 8.75. The van der Waals surface area contributed by atoms with Crippen molar-refractivity contribution < 1.29 is 19.2 Å². The number of nitrogens with one attached hydrogen (secondary N) is 1. The van der Waals surface area contributed by atoms with E-state index in [0.717, 1.165) is 56.1 Å². The predicted molar refractivity (Wildman–Crippen MR) is 177 cm³/mol. The van der Waals surface area contributed by atoms with Crippen LogP contribution in [-0.2, 0) is 0 Å². The highest BCUT2D eigenvalue weighted by Crippen LogP contribution is 2.49. The molecular formula is C35H30Br2N2O4. The normalized spacial score (nSPS) is 14.7. The second-order valence-corrected chi connectivity index (χ2v) is 13.5. The van der Waals surface area contributed by atoms with E-state index in [1.165, 1.54) is 43.4 Å². The molecule has 0 bridgehead atoms.